The zero-order valence-corrected chi connectivity index (χ0v) is 13.1. The minimum Gasteiger partial charge on any atom is -0.480 e. The minimum absolute atomic E-state index is 0. The average molecular weight is 318 g/mol. The van der Waals surface area contributed by atoms with Crippen molar-refractivity contribution in [2.45, 2.75) is 24.3 Å². The van der Waals surface area contributed by atoms with Crippen LogP contribution in [0.15, 0.2) is 60.7 Å². The van der Waals surface area contributed by atoms with Crippen molar-refractivity contribution in [3.05, 3.63) is 71.8 Å². The smallest absolute Gasteiger partial charge is 0.324 e. The van der Waals surface area contributed by atoms with Crippen molar-refractivity contribution in [1.82, 2.24) is 5.32 Å². The van der Waals surface area contributed by atoms with Crippen molar-refractivity contribution >= 4 is 18.4 Å². The number of halogens is 1. The van der Waals surface area contributed by atoms with Gasteiger partial charge in [0.1, 0.15) is 5.54 Å². The first-order chi connectivity index (χ1) is 10.2. The van der Waals surface area contributed by atoms with E-state index in [0.717, 1.165) is 24.1 Å². The molecule has 0 aromatic heterocycles. The van der Waals surface area contributed by atoms with Crippen molar-refractivity contribution in [3.8, 4) is 0 Å². The highest BCUT2D eigenvalue weighted by Crippen LogP contribution is 2.40. The summed E-state index contributed by atoms with van der Waals surface area (Å²) in [5, 5.41) is 13.2. The van der Waals surface area contributed by atoms with Gasteiger partial charge < -0.3 is 10.4 Å². The second-order valence-corrected chi connectivity index (χ2v) is 5.56. The lowest BCUT2D eigenvalue weighted by Gasteiger charge is -2.35. The summed E-state index contributed by atoms with van der Waals surface area (Å²) < 4.78 is 0. The number of carbonyl (C=O) groups is 1. The number of rotatable bonds is 4. The van der Waals surface area contributed by atoms with Crippen LogP contribution in [0.2, 0.25) is 0 Å². The maximum Gasteiger partial charge on any atom is 0.324 e. The van der Waals surface area contributed by atoms with Gasteiger partial charge in [0.15, 0.2) is 0 Å². The number of nitrogens with one attached hydrogen (secondary N) is 1. The summed E-state index contributed by atoms with van der Waals surface area (Å²) >= 11 is 0. The van der Waals surface area contributed by atoms with Crippen molar-refractivity contribution in [2.75, 3.05) is 6.54 Å². The van der Waals surface area contributed by atoms with Gasteiger partial charge in [-0.25, -0.2) is 0 Å². The summed E-state index contributed by atoms with van der Waals surface area (Å²) in [7, 11) is 0. The molecule has 0 radical (unpaired) electrons. The van der Waals surface area contributed by atoms with Crippen molar-refractivity contribution in [1.29, 1.82) is 0 Å². The molecule has 2 aromatic rings. The van der Waals surface area contributed by atoms with Crippen molar-refractivity contribution < 1.29 is 9.90 Å². The van der Waals surface area contributed by atoms with E-state index in [9.17, 15) is 9.90 Å². The van der Waals surface area contributed by atoms with E-state index in [2.05, 4.69) is 5.32 Å². The SMILES string of the molecule is Cl.O=C(O)[C@]1(C(c2ccccc2)c2ccccc2)CCCN1. The van der Waals surface area contributed by atoms with E-state index in [0.29, 0.717) is 6.42 Å². The summed E-state index contributed by atoms with van der Waals surface area (Å²) in [6.07, 6.45) is 1.54. The number of hydrogen-bond donors (Lipinski definition) is 2. The molecule has 2 N–H and O–H groups in total. The van der Waals surface area contributed by atoms with Crippen LogP contribution >= 0.6 is 12.4 Å². The van der Waals surface area contributed by atoms with Gasteiger partial charge in [-0.1, -0.05) is 60.7 Å². The molecule has 0 saturated carbocycles. The predicted octanol–water partition coefficient (Wildman–Crippen LogP) is 3.45. The molecule has 0 unspecified atom stereocenters. The molecule has 0 aliphatic carbocycles. The molecule has 2 aromatic carbocycles. The third-order valence-electron chi connectivity index (χ3n) is 4.33. The maximum absolute atomic E-state index is 12.0. The van der Waals surface area contributed by atoms with Gasteiger partial charge in [-0.3, -0.25) is 4.79 Å². The Labute approximate surface area is 136 Å². The van der Waals surface area contributed by atoms with Gasteiger partial charge in [-0.05, 0) is 30.5 Å². The van der Waals surface area contributed by atoms with E-state index in [1.165, 1.54) is 0 Å². The largest absolute Gasteiger partial charge is 0.480 e. The monoisotopic (exact) mass is 317 g/mol. The van der Waals surface area contributed by atoms with Gasteiger partial charge in [0, 0.05) is 5.92 Å². The highest BCUT2D eigenvalue weighted by molar-refractivity contribution is 5.85. The van der Waals surface area contributed by atoms with Crippen LogP contribution in [-0.2, 0) is 4.79 Å². The average Bonchev–Trinajstić information content (AvgIpc) is 3.00. The summed E-state index contributed by atoms with van der Waals surface area (Å²) in [4.78, 5) is 12.0. The Morgan fingerprint density at radius 1 is 1.00 bits per heavy atom. The van der Waals surface area contributed by atoms with E-state index in [-0.39, 0.29) is 18.3 Å². The van der Waals surface area contributed by atoms with Gasteiger partial charge in [-0.15, -0.1) is 12.4 Å². The Bertz CT molecular complexity index is 570. The first kappa shape index (κ1) is 16.5. The van der Waals surface area contributed by atoms with Crippen LogP contribution in [0, 0.1) is 0 Å². The fourth-order valence-electron chi connectivity index (χ4n) is 3.37. The third kappa shape index (κ3) is 2.87. The summed E-state index contributed by atoms with van der Waals surface area (Å²) in [6, 6.07) is 19.9. The molecule has 1 aliphatic rings. The fraction of sp³-hybridized carbons (Fsp3) is 0.278. The molecule has 0 amide bonds. The van der Waals surface area contributed by atoms with Crippen molar-refractivity contribution in [3.63, 3.8) is 0 Å². The Morgan fingerprint density at radius 2 is 1.50 bits per heavy atom. The number of carboxylic acids is 1. The Kier molecular flexibility index (Phi) is 5.22. The quantitative estimate of drug-likeness (QED) is 0.908. The van der Waals surface area contributed by atoms with Gasteiger partial charge in [-0.2, -0.15) is 0 Å². The lowest BCUT2D eigenvalue weighted by atomic mass is 9.74. The first-order valence-corrected chi connectivity index (χ1v) is 7.32. The predicted molar refractivity (Wildman–Crippen MR) is 89.6 cm³/mol. The Balaban J connectivity index is 0.00000176. The summed E-state index contributed by atoms with van der Waals surface area (Å²) in [6.45, 7) is 0.752. The maximum atomic E-state index is 12.0. The summed E-state index contributed by atoms with van der Waals surface area (Å²) in [5.41, 5.74) is 1.17. The van der Waals surface area contributed by atoms with Crippen LogP contribution in [0.1, 0.15) is 29.9 Å². The normalized spacial score (nSPS) is 20.6. The minimum atomic E-state index is -0.914. The molecule has 1 atom stereocenters. The molecule has 3 rings (SSSR count). The lowest BCUT2D eigenvalue weighted by molar-refractivity contribution is -0.144. The molecule has 1 heterocycles. The van der Waals surface area contributed by atoms with Crippen LogP contribution in [0.4, 0.5) is 0 Å². The number of hydrogen-bond acceptors (Lipinski definition) is 2. The topological polar surface area (TPSA) is 49.3 Å². The molecular formula is C18H20ClNO2. The molecule has 4 heteroatoms. The van der Waals surface area contributed by atoms with Gasteiger partial charge >= 0.3 is 5.97 Å². The highest BCUT2D eigenvalue weighted by Gasteiger charge is 2.49. The number of benzene rings is 2. The zero-order chi connectivity index (χ0) is 14.7. The molecular weight excluding hydrogens is 298 g/mol. The third-order valence-corrected chi connectivity index (χ3v) is 4.33. The second kappa shape index (κ2) is 6.95. The van der Waals surface area contributed by atoms with Gasteiger partial charge in [0.25, 0.3) is 0 Å². The fourth-order valence-corrected chi connectivity index (χ4v) is 3.37. The number of aliphatic carboxylic acids is 1. The Morgan fingerprint density at radius 3 is 1.86 bits per heavy atom. The molecule has 3 nitrogen and oxygen atoms in total. The molecule has 1 saturated heterocycles. The Hall–Kier alpha value is -1.84. The van der Waals surface area contributed by atoms with E-state index >= 15 is 0 Å². The molecule has 1 fully saturated rings. The van der Waals surface area contributed by atoms with Crippen LogP contribution in [0.25, 0.3) is 0 Å². The van der Waals surface area contributed by atoms with Crippen LogP contribution in [0.3, 0.4) is 0 Å². The first-order valence-electron chi connectivity index (χ1n) is 7.32. The second-order valence-electron chi connectivity index (χ2n) is 5.56. The summed E-state index contributed by atoms with van der Waals surface area (Å²) in [5.74, 6) is -0.947. The van der Waals surface area contributed by atoms with E-state index < -0.39 is 11.5 Å². The van der Waals surface area contributed by atoms with Crippen molar-refractivity contribution in [2.24, 2.45) is 0 Å². The van der Waals surface area contributed by atoms with Crippen LogP contribution in [-0.4, -0.2) is 23.2 Å². The molecule has 116 valence electrons. The molecule has 0 spiro atoms. The van der Waals surface area contributed by atoms with E-state index in [1.54, 1.807) is 0 Å². The lowest BCUT2D eigenvalue weighted by Crippen LogP contribution is -2.52. The zero-order valence-electron chi connectivity index (χ0n) is 12.2. The van der Waals surface area contributed by atoms with E-state index in [4.69, 9.17) is 0 Å². The number of carboxylic acid groups (broad SMARTS) is 1. The molecule has 0 bridgehead atoms. The highest BCUT2D eigenvalue weighted by atomic mass is 35.5. The molecule has 22 heavy (non-hydrogen) atoms. The van der Waals surface area contributed by atoms with Crippen LogP contribution in [0.5, 0.6) is 0 Å². The molecule has 1 aliphatic heterocycles. The van der Waals surface area contributed by atoms with Gasteiger partial charge in [0.2, 0.25) is 0 Å². The standard InChI is InChI=1S/C18H19NO2.ClH/c20-17(21)18(12-7-13-19-18)16(14-8-3-1-4-9-14)15-10-5-2-6-11-15;/h1-6,8-11,16,19H,7,12-13H2,(H,20,21);1H/t18-;/m1./s1. The van der Waals surface area contributed by atoms with Crippen LogP contribution < -0.4 is 5.32 Å². The van der Waals surface area contributed by atoms with E-state index in [1.807, 2.05) is 60.7 Å². The van der Waals surface area contributed by atoms with Gasteiger partial charge in [0.05, 0.1) is 0 Å².